The summed E-state index contributed by atoms with van der Waals surface area (Å²) >= 11 is 0. The number of para-hydroxylation sites is 1. The fraction of sp³-hybridized carbons (Fsp3) is 0.208. The van der Waals surface area contributed by atoms with E-state index in [0.717, 1.165) is 22.5 Å². The third kappa shape index (κ3) is 4.26. The quantitative estimate of drug-likeness (QED) is 0.356. The van der Waals surface area contributed by atoms with E-state index >= 15 is 0 Å². The van der Waals surface area contributed by atoms with Gasteiger partial charge in [-0.15, -0.1) is 0 Å². The number of aryl methyl sites for hydroxylation is 2. The third-order valence-corrected chi connectivity index (χ3v) is 5.41. The number of halogens is 1. The number of Topliss-reactive ketones (excluding diaryl/α,β-unsaturated/α-hetero) is 1. The number of nitrogens with zero attached hydrogens (tertiary/aromatic N) is 2. The summed E-state index contributed by atoms with van der Waals surface area (Å²) in [5, 5.41) is 7.43. The summed E-state index contributed by atoms with van der Waals surface area (Å²) in [6.07, 6.45) is 0.714. The molecule has 0 bridgehead atoms. The number of hydrogen-bond acceptors (Lipinski definition) is 4. The second-order valence-corrected chi connectivity index (χ2v) is 7.43. The van der Waals surface area contributed by atoms with Crippen LogP contribution in [0.5, 0.6) is 0 Å². The molecule has 0 amide bonds. The Morgan fingerprint density at radius 3 is 2.61 bits per heavy atom. The zero-order valence-electron chi connectivity index (χ0n) is 17.3. The maximum Gasteiger partial charge on any atom is 0.359 e. The van der Waals surface area contributed by atoms with Gasteiger partial charge < -0.3 is 9.30 Å². The van der Waals surface area contributed by atoms with Crippen LogP contribution in [0.1, 0.15) is 37.8 Å². The molecule has 31 heavy (non-hydrogen) atoms. The molecular formula is C24H22FN3O3. The molecule has 4 rings (SSSR count). The molecule has 4 aromatic rings. The fourth-order valence-electron chi connectivity index (χ4n) is 3.72. The number of benzene rings is 2. The van der Waals surface area contributed by atoms with Crippen LogP contribution in [0.3, 0.4) is 0 Å². The Bertz CT molecular complexity index is 1260. The first-order chi connectivity index (χ1) is 14.9. The van der Waals surface area contributed by atoms with Crippen LogP contribution in [0.25, 0.3) is 10.9 Å². The van der Waals surface area contributed by atoms with Crippen molar-refractivity contribution in [2.45, 2.75) is 26.8 Å². The molecule has 2 aromatic carbocycles. The van der Waals surface area contributed by atoms with Crippen LogP contribution in [-0.2, 0) is 17.7 Å². The summed E-state index contributed by atoms with van der Waals surface area (Å²) < 4.78 is 20.4. The monoisotopic (exact) mass is 419 g/mol. The van der Waals surface area contributed by atoms with Gasteiger partial charge in [0.25, 0.3) is 0 Å². The number of ketones is 1. The number of carbonyl (C=O) groups excluding carboxylic acids is 2. The molecule has 7 heteroatoms. The predicted molar refractivity (Wildman–Crippen MR) is 115 cm³/mol. The van der Waals surface area contributed by atoms with E-state index in [1.807, 2.05) is 30.5 Å². The van der Waals surface area contributed by atoms with Crippen LogP contribution in [0.4, 0.5) is 4.39 Å². The van der Waals surface area contributed by atoms with E-state index < -0.39 is 5.97 Å². The minimum Gasteiger partial charge on any atom is -0.452 e. The van der Waals surface area contributed by atoms with Gasteiger partial charge in [0.05, 0.1) is 5.52 Å². The summed E-state index contributed by atoms with van der Waals surface area (Å²) in [5.41, 5.74) is 4.18. The molecular weight excluding hydrogens is 397 g/mol. The van der Waals surface area contributed by atoms with Crippen LogP contribution in [0.15, 0.2) is 54.6 Å². The summed E-state index contributed by atoms with van der Waals surface area (Å²) in [7, 11) is 0. The molecule has 0 atom stereocenters. The van der Waals surface area contributed by atoms with E-state index in [1.165, 1.54) is 12.1 Å². The second-order valence-electron chi connectivity index (χ2n) is 7.43. The van der Waals surface area contributed by atoms with E-state index in [2.05, 4.69) is 10.2 Å². The number of hydrogen-bond donors (Lipinski definition) is 1. The molecule has 6 nitrogen and oxygen atoms in total. The van der Waals surface area contributed by atoms with E-state index in [-0.39, 0.29) is 23.9 Å². The molecule has 2 aromatic heterocycles. The fourth-order valence-corrected chi connectivity index (χ4v) is 3.72. The highest BCUT2D eigenvalue weighted by atomic mass is 19.1. The summed E-state index contributed by atoms with van der Waals surface area (Å²) in [5.74, 6) is -1.17. The topological polar surface area (TPSA) is 77.0 Å². The lowest BCUT2D eigenvalue weighted by Gasteiger charge is -2.10. The first-order valence-corrected chi connectivity index (χ1v) is 9.98. The van der Waals surface area contributed by atoms with Crippen molar-refractivity contribution in [1.82, 2.24) is 14.8 Å². The van der Waals surface area contributed by atoms with Crippen molar-refractivity contribution >= 4 is 22.7 Å². The summed E-state index contributed by atoms with van der Waals surface area (Å²) in [4.78, 5) is 25.1. The van der Waals surface area contributed by atoms with Crippen molar-refractivity contribution in [1.29, 1.82) is 0 Å². The van der Waals surface area contributed by atoms with Gasteiger partial charge in [-0.1, -0.05) is 30.3 Å². The van der Waals surface area contributed by atoms with Crippen molar-refractivity contribution < 1.29 is 18.7 Å². The number of carbonyl (C=O) groups is 2. The molecule has 2 heterocycles. The van der Waals surface area contributed by atoms with Crippen molar-refractivity contribution in [3.8, 4) is 0 Å². The van der Waals surface area contributed by atoms with Gasteiger partial charge in [0.2, 0.25) is 5.78 Å². The molecule has 0 saturated carbocycles. The largest absolute Gasteiger partial charge is 0.452 e. The Labute approximate surface area is 178 Å². The Balaban J connectivity index is 1.42. The Hall–Kier alpha value is -3.74. The van der Waals surface area contributed by atoms with Crippen molar-refractivity contribution in [2.75, 3.05) is 6.61 Å². The SMILES string of the molecule is Cc1cc(C(=O)COC(=O)c2n[nH]c3ccccc23)c(C)n1CCc1ccc(F)cc1. The Morgan fingerprint density at radius 2 is 1.84 bits per heavy atom. The predicted octanol–water partition coefficient (Wildman–Crippen LogP) is 4.40. The number of H-pyrrole nitrogens is 1. The second kappa shape index (κ2) is 8.55. The van der Waals surface area contributed by atoms with Crippen LogP contribution < -0.4 is 0 Å². The van der Waals surface area contributed by atoms with Crippen LogP contribution in [0, 0.1) is 19.7 Å². The molecule has 0 aliphatic rings. The van der Waals surface area contributed by atoms with Gasteiger partial charge >= 0.3 is 5.97 Å². The minimum atomic E-state index is -0.643. The van der Waals surface area contributed by atoms with Gasteiger partial charge in [0, 0.05) is 28.9 Å². The van der Waals surface area contributed by atoms with Crippen LogP contribution in [-0.4, -0.2) is 33.1 Å². The average molecular weight is 419 g/mol. The molecule has 0 aliphatic heterocycles. The smallest absolute Gasteiger partial charge is 0.359 e. The third-order valence-electron chi connectivity index (χ3n) is 5.41. The van der Waals surface area contributed by atoms with Crippen molar-refractivity contribution in [3.05, 3.63) is 88.6 Å². The summed E-state index contributed by atoms with van der Waals surface area (Å²) in [6.45, 7) is 4.10. The lowest BCUT2D eigenvalue weighted by atomic mass is 10.1. The van der Waals surface area contributed by atoms with E-state index in [1.54, 1.807) is 30.3 Å². The molecule has 0 unspecified atom stereocenters. The molecule has 0 aliphatic carbocycles. The number of ether oxygens (including phenoxy) is 1. The Kier molecular flexibility index (Phi) is 5.66. The lowest BCUT2D eigenvalue weighted by Crippen LogP contribution is -2.15. The van der Waals surface area contributed by atoms with Gasteiger partial charge in [-0.3, -0.25) is 9.89 Å². The number of nitrogens with one attached hydrogen (secondary N) is 1. The molecule has 0 fully saturated rings. The number of aromatic nitrogens is 3. The first kappa shape index (κ1) is 20.5. The molecule has 158 valence electrons. The minimum absolute atomic E-state index is 0.160. The highest BCUT2D eigenvalue weighted by Crippen LogP contribution is 2.19. The maximum absolute atomic E-state index is 13.1. The average Bonchev–Trinajstić information content (AvgIpc) is 3.32. The lowest BCUT2D eigenvalue weighted by molar-refractivity contribution is 0.0470. The van der Waals surface area contributed by atoms with E-state index in [9.17, 15) is 14.0 Å². The van der Waals surface area contributed by atoms with E-state index in [4.69, 9.17) is 4.74 Å². The highest BCUT2D eigenvalue weighted by Gasteiger charge is 2.20. The zero-order chi connectivity index (χ0) is 22.0. The van der Waals surface area contributed by atoms with Gasteiger partial charge in [-0.05, 0) is 50.1 Å². The molecule has 0 radical (unpaired) electrons. The molecule has 0 spiro atoms. The van der Waals surface area contributed by atoms with Gasteiger partial charge in [0.1, 0.15) is 5.82 Å². The molecule has 0 saturated heterocycles. The van der Waals surface area contributed by atoms with Crippen LogP contribution in [0.2, 0.25) is 0 Å². The highest BCUT2D eigenvalue weighted by molar-refractivity contribution is 6.04. The number of esters is 1. The van der Waals surface area contributed by atoms with Gasteiger partial charge in [-0.25, -0.2) is 9.18 Å². The van der Waals surface area contributed by atoms with Crippen molar-refractivity contribution in [3.63, 3.8) is 0 Å². The van der Waals surface area contributed by atoms with Gasteiger partial charge in [0.15, 0.2) is 12.3 Å². The number of rotatable bonds is 7. The number of aromatic amines is 1. The number of fused-ring (bicyclic) bond motifs is 1. The molecule has 1 N–H and O–H groups in total. The standard InChI is InChI=1S/C24H22FN3O3/c1-15-13-20(16(2)28(15)12-11-17-7-9-18(25)10-8-17)22(29)14-31-24(30)23-19-5-3-4-6-21(19)26-27-23/h3-10,13H,11-12,14H2,1-2H3,(H,26,27). The van der Waals surface area contributed by atoms with Crippen LogP contribution >= 0.6 is 0 Å². The van der Waals surface area contributed by atoms with E-state index in [0.29, 0.717) is 23.9 Å². The summed E-state index contributed by atoms with van der Waals surface area (Å²) in [6, 6.07) is 15.4. The van der Waals surface area contributed by atoms with Gasteiger partial charge in [-0.2, -0.15) is 5.10 Å². The van der Waals surface area contributed by atoms with Crippen molar-refractivity contribution in [2.24, 2.45) is 0 Å². The normalized spacial score (nSPS) is 11.1. The zero-order valence-corrected chi connectivity index (χ0v) is 17.3. The maximum atomic E-state index is 13.1. The first-order valence-electron chi connectivity index (χ1n) is 9.98. The Morgan fingerprint density at radius 1 is 1.10 bits per heavy atom.